The Bertz CT molecular complexity index is 1210. The van der Waals surface area contributed by atoms with Gasteiger partial charge in [-0.1, -0.05) is 42.5 Å². The zero-order valence-corrected chi connectivity index (χ0v) is 20.0. The monoisotopic (exact) mass is 480 g/mol. The van der Waals surface area contributed by atoms with Crippen molar-refractivity contribution in [1.82, 2.24) is 4.72 Å². The number of aryl methyl sites for hydroxylation is 1. The molecule has 178 valence electrons. The first-order valence-electron chi connectivity index (χ1n) is 11.0. The van der Waals surface area contributed by atoms with Crippen LogP contribution in [0.15, 0.2) is 83.8 Å². The molecule has 0 unspecified atom stereocenters. The van der Waals surface area contributed by atoms with Crippen molar-refractivity contribution in [3.05, 3.63) is 95.6 Å². The van der Waals surface area contributed by atoms with Gasteiger partial charge in [0, 0.05) is 18.2 Å². The Kier molecular flexibility index (Phi) is 8.56. The van der Waals surface area contributed by atoms with Crippen molar-refractivity contribution in [1.29, 1.82) is 0 Å². The highest BCUT2D eigenvalue weighted by molar-refractivity contribution is 7.89. The van der Waals surface area contributed by atoms with Gasteiger partial charge in [-0.05, 0) is 67.8 Å². The Morgan fingerprint density at radius 2 is 1.56 bits per heavy atom. The quantitative estimate of drug-likeness (QED) is 0.417. The molecule has 34 heavy (non-hydrogen) atoms. The Morgan fingerprint density at radius 3 is 2.18 bits per heavy atom. The van der Waals surface area contributed by atoms with E-state index in [0.29, 0.717) is 24.3 Å². The van der Waals surface area contributed by atoms with Crippen molar-refractivity contribution in [3.63, 3.8) is 0 Å². The fourth-order valence-corrected chi connectivity index (χ4v) is 4.56. The van der Waals surface area contributed by atoms with Crippen LogP contribution in [0.25, 0.3) is 0 Å². The minimum Gasteiger partial charge on any atom is -0.462 e. The molecule has 7 nitrogen and oxygen atoms in total. The normalized spacial score (nSPS) is 12.1. The van der Waals surface area contributed by atoms with Crippen LogP contribution in [0.3, 0.4) is 0 Å². The van der Waals surface area contributed by atoms with Gasteiger partial charge >= 0.3 is 5.97 Å². The van der Waals surface area contributed by atoms with Crippen molar-refractivity contribution < 1.29 is 22.7 Å². The number of nitrogens with one attached hydrogen (secondary N) is 2. The lowest BCUT2D eigenvalue weighted by Gasteiger charge is -2.15. The number of anilines is 1. The highest BCUT2D eigenvalue weighted by Gasteiger charge is 2.18. The predicted octanol–water partition coefficient (Wildman–Crippen LogP) is 4.47. The van der Waals surface area contributed by atoms with Crippen LogP contribution in [0.2, 0.25) is 0 Å². The van der Waals surface area contributed by atoms with E-state index in [4.69, 9.17) is 4.74 Å². The third-order valence-corrected chi connectivity index (χ3v) is 6.74. The molecular weight excluding hydrogens is 452 g/mol. The van der Waals surface area contributed by atoms with Crippen LogP contribution in [-0.2, 0) is 26.0 Å². The number of rotatable bonds is 10. The van der Waals surface area contributed by atoms with Gasteiger partial charge < -0.3 is 10.1 Å². The van der Waals surface area contributed by atoms with Crippen molar-refractivity contribution in [3.8, 4) is 0 Å². The molecule has 3 aromatic carbocycles. The topological polar surface area (TPSA) is 102 Å². The van der Waals surface area contributed by atoms with Gasteiger partial charge in [-0.2, -0.15) is 0 Å². The first-order chi connectivity index (χ1) is 16.3. The summed E-state index contributed by atoms with van der Waals surface area (Å²) >= 11 is 0. The van der Waals surface area contributed by atoms with E-state index in [2.05, 4.69) is 10.0 Å². The molecule has 1 amide bonds. The average molecular weight is 481 g/mol. The molecule has 2 N–H and O–H groups in total. The molecule has 1 atom stereocenters. The summed E-state index contributed by atoms with van der Waals surface area (Å²) in [6.07, 6.45) is 0.690. The fraction of sp³-hybridized carbons (Fsp3) is 0.231. The van der Waals surface area contributed by atoms with E-state index in [-0.39, 0.29) is 23.3 Å². The van der Waals surface area contributed by atoms with Crippen LogP contribution in [0.5, 0.6) is 0 Å². The summed E-state index contributed by atoms with van der Waals surface area (Å²) in [5.74, 6) is -0.588. The summed E-state index contributed by atoms with van der Waals surface area (Å²) in [6.45, 7) is 3.83. The number of sulfonamides is 1. The Morgan fingerprint density at radius 1 is 0.912 bits per heavy atom. The number of carbonyl (C=O) groups is 2. The van der Waals surface area contributed by atoms with E-state index in [9.17, 15) is 18.0 Å². The van der Waals surface area contributed by atoms with Crippen LogP contribution in [0.4, 0.5) is 5.69 Å². The molecule has 0 radical (unpaired) electrons. The Hall–Kier alpha value is -3.49. The molecule has 8 heteroatoms. The maximum absolute atomic E-state index is 12.7. The fourth-order valence-electron chi connectivity index (χ4n) is 3.33. The summed E-state index contributed by atoms with van der Waals surface area (Å²) in [4.78, 5) is 24.1. The van der Waals surface area contributed by atoms with E-state index < -0.39 is 16.0 Å². The first-order valence-corrected chi connectivity index (χ1v) is 12.5. The number of benzene rings is 3. The average Bonchev–Trinajstić information content (AvgIpc) is 2.84. The SMILES string of the molecule is CCOC(=O)c1ccc(NC(=O)CCc2ccc(S(=O)(=O)N[C@@H](C)c3ccccc3)cc2)cc1. The predicted molar refractivity (Wildman–Crippen MR) is 131 cm³/mol. The van der Waals surface area contributed by atoms with Crippen molar-refractivity contribution in [2.24, 2.45) is 0 Å². The number of hydrogen-bond donors (Lipinski definition) is 2. The molecule has 0 saturated carbocycles. The first kappa shape index (κ1) is 25.1. The second-order valence-electron chi connectivity index (χ2n) is 7.74. The van der Waals surface area contributed by atoms with Crippen molar-refractivity contribution >= 4 is 27.6 Å². The Labute approximate surface area is 200 Å². The van der Waals surface area contributed by atoms with Crippen LogP contribution in [0.1, 0.15) is 47.8 Å². The van der Waals surface area contributed by atoms with Crippen LogP contribution in [-0.4, -0.2) is 26.9 Å². The Balaban J connectivity index is 1.52. The van der Waals surface area contributed by atoms with Gasteiger partial charge in [0.1, 0.15) is 0 Å². The lowest BCUT2D eigenvalue weighted by atomic mass is 10.1. The molecule has 0 fully saturated rings. The number of hydrogen-bond acceptors (Lipinski definition) is 5. The van der Waals surface area contributed by atoms with E-state index in [1.165, 1.54) is 0 Å². The van der Waals surface area contributed by atoms with E-state index >= 15 is 0 Å². The molecule has 0 bridgehead atoms. The lowest BCUT2D eigenvalue weighted by Crippen LogP contribution is -2.26. The molecule has 3 aromatic rings. The van der Waals surface area contributed by atoms with Gasteiger partial charge in [0.2, 0.25) is 15.9 Å². The standard InChI is InChI=1S/C26H28N2O5S/c1-3-33-26(30)22-12-14-23(15-13-22)27-25(29)18-11-20-9-16-24(17-10-20)34(31,32)28-19(2)21-7-5-4-6-8-21/h4-10,12-17,19,28H,3,11,18H2,1-2H3,(H,27,29)/t19-/m0/s1. The van der Waals surface area contributed by atoms with Crippen LogP contribution < -0.4 is 10.0 Å². The van der Waals surface area contributed by atoms with Gasteiger partial charge in [0.05, 0.1) is 17.1 Å². The van der Waals surface area contributed by atoms with Crippen molar-refractivity contribution in [2.45, 2.75) is 37.6 Å². The molecule has 0 aliphatic heterocycles. The maximum atomic E-state index is 12.7. The summed E-state index contributed by atoms with van der Waals surface area (Å²) in [6, 6.07) is 22.0. The molecule has 0 saturated heterocycles. The zero-order chi connectivity index (χ0) is 24.6. The van der Waals surface area contributed by atoms with Gasteiger partial charge in [0.25, 0.3) is 0 Å². The molecular formula is C26H28N2O5S. The highest BCUT2D eigenvalue weighted by Crippen LogP contribution is 2.18. The van der Waals surface area contributed by atoms with Crippen molar-refractivity contribution in [2.75, 3.05) is 11.9 Å². The molecule has 0 heterocycles. The number of amides is 1. The summed E-state index contributed by atoms with van der Waals surface area (Å²) in [7, 11) is -3.67. The third-order valence-electron chi connectivity index (χ3n) is 5.19. The molecule has 0 spiro atoms. The van der Waals surface area contributed by atoms with E-state index in [1.54, 1.807) is 62.4 Å². The van der Waals surface area contributed by atoms with Gasteiger partial charge in [0.15, 0.2) is 0 Å². The number of esters is 1. The van der Waals surface area contributed by atoms with E-state index in [1.807, 2.05) is 30.3 Å². The second kappa shape index (κ2) is 11.6. The third kappa shape index (κ3) is 7.00. The van der Waals surface area contributed by atoms with Crippen LogP contribution in [0, 0.1) is 0 Å². The van der Waals surface area contributed by atoms with E-state index in [0.717, 1.165) is 11.1 Å². The number of ether oxygens (including phenoxy) is 1. The lowest BCUT2D eigenvalue weighted by molar-refractivity contribution is -0.116. The summed E-state index contributed by atoms with van der Waals surface area (Å²) < 4.78 is 33.0. The smallest absolute Gasteiger partial charge is 0.338 e. The minimum absolute atomic E-state index is 0.171. The van der Waals surface area contributed by atoms with Gasteiger partial charge in [-0.15, -0.1) is 0 Å². The summed E-state index contributed by atoms with van der Waals surface area (Å²) in [5, 5.41) is 2.79. The highest BCUT2D eigenvalue weighted by atomic mass is 32.2. The number of carbonyl (C=O) groups excluding carboxylic acids is 2. The molecule has 0 aliphatic carbocycles. The molecule has 3 rings (SSSR count). The largest absolute Gasteiger partial charge is 0.462 e. The maximum Gasteiger partial charge on any atom is 0.338 e. The minimum atomic E-state index is -3.67. The van der Waals surface area contributed by atoms with Gasteiger partial charge in [-0.3, -0.25) is 4.79 Å². The molecule has 0 aliphatic rings. The zero-order valence-electron chi connectivity index (χ0n) is 19.2. The van der Waals surface area contributed by atoms with Gasteiger partial charge in [-0.25, -0.2) is 17.9 Å². The van der Waals surface area contributed by atoms with Crippen LogP contribution >= 0.6 is 0 Å². The molecule has 0 aromatic heterocycles. The summed E-state index contributed by atoms with van der Waals surface area (Å²) in [5.41, 5.74) is 2.73. The second-order valence-corrected chi connectivity index (χ2v) is 9.46.